The molecule has 0 heterocycles. The van der Waals surface area contributed by atoms with Gasteiger partial charge in [0.25, 0.3) is 0 Å². The molecule has 344 valence electrons. The van der Waals surface area contributed by atoms with Crippen molar-refractivity contribution >= 4 is 38.1 Å². The first kappa shape index (κ1) is 58.0. The van der Waals surface area contributed by atoms with Gasteiger partial charge in [-0.25, -0.2) is 26.4 Å². The minimum absolute atomic E-state index is 0.118. The van der Waals surface area contributed by atoms with Crippen molar-refractivity contribution in [2.45, 2.75) is 149 Å². The van der Waals surface area contributed by atoms with Gasteiger partial charge in [0.1, 0.15) is 13.2 Å². The van der Waals surface area contributed by atoms with Crippen molar-refractivity contribution in [2.24, 2.45) is 0 Å². The monoisotopic (exact) mass is 870 g/mol. The summed E-state index contributed by atoms with van der Waals surface area (Å²) < 4.78 is 75.1. The van der Waals surface area contributed by atoms with E-state index < -0.39 is 37.9 Å². The quantitative estimate of drug-likeness (QED) is 0.0219. The molecular weight excluding hydrogens is 787 g/mol. The Bertz CT molecular complexity index is 1320. The zero-order valence-electron chi connectivity index (χ0n) is 37.5. The van der Waals surface area contributed by atoms with Gasteiger partial charge in [0, 0.05) is 50.0 Å². The molecular formula is C42H83N3O11S2. The first-order chi connectivity index (χ1) is 27.1. The highest BCUT2D eigenvalue weighted by Gasteiger charge is 2.19. The average Bonchev–Trinajstić information content (AvgIpc) is 3.12. The van der Waals surface area contributed by atoms with Crippen LogP contribution in [0.3, 0.4) is 0 Å². The summed E-state index contributed by atoms with van der Waals surface area (Å²) in [5.41, 5.74) is 0. The van der Waals surface area contributed by atoms with E-state index in [9.17, 15) is 40.3 Å². The second-order valence-electron chi connectivity index (χ2n) is 16.9. The molecule has 0 saturated carbocycles. The third-order valence-corrected chi connectivity index (χ3v) is 11.6. The molecule has 0 saturated heterocycles. The minimum atomic E-state index is -4.21. The number of likely N-dealkylation sites (N-methyl/N-ethyl adjacent to an activating group) is 3. The molecule has 0 radical (unpaired) electrons. The average molecular weight is 870 g/mol. The van der Waals surface area contributed by atoms with Crippen LogP contribution in [0.5, 0.6) is 0 Å². The molecule has 1 amide bonds. The molecule has 16 heteroatoms. The lowest BCUT2D eigenvalue weighted by Gasteiger charge is -2.32. The molecule has 0 aromatic carbocycles. The highest BCUT2D eigenvalue weighted by molar-refractivity contribution is 7.85. The summed E-state index contributed by atoms with van der Waals surface area (Å²) >= 11 is 0. The first-order valence-electron chi connectivity index (χ1n) is 21.9. The molecule has 0 atom stereocenters. The van der Waals surface area contributed by atoms with Crippen molar-refractivity contribution in [1.82, 2.24) is 4.90 Å². The van der Waals surface area contributed by atoms with Crippen LogP contribution in [0, 0.1) is 0 Å². The molecule has 0 aromatic rings. The number of unbranched alkanes of at least 4 members (excludes halogenated alkanes) is 16. The normalized spacial score (nSPS) is 12.3. The lowest BCUT2D eigenvalue weighted by atomic mass is 10.1. The van der Waals surface area contributed by atoms with Gasteiger partial charge in [0.2, 0.25) is 5.91 Å². The Hall–Kier alpha value is -2.11. The van der Waals surface area contributed by atoms with Gasteiger partial charge in [0.15, 0.2) is 0 Å². The molecule has 58 heavy (non-hydrogen) atoms. The van der Waals surface area contributed by atoms with Crippen LogP contribution in [0.15, 0.2) is 12.2 Å². The Kier molecular flexibility index (Phi) is 34.6. The van der Waals surface area contributed by atoms with Crippen LogP contribution < -0.4 is 0 Å². The van der Waals surface area contributed by atoms with E-state index in [1.54, 1.807) is 4.90 Å². The summed E-state index contributed by atoms with van der Waals surface area (Å²) in [6.45, 7) is 7.83. The molecule has 0 aliphatic rings. The number of ether oxygens (including phenoxy) is 2. The largest absolute Gasteiger partial charge is 0.748 e. The second kappa shape index (κ2) is 34.6. The summed E-state index contributed by atoms with van der Waals surface area (Å²) in [5, 5.41) is 0. The van der Waals surface area contributed by atoms with Crippen molar-refractivity contribution in [2.75, 3.05) is 92.7 Å². The standard InChI is InChI=1S/C22H46N2O4S.C20H37NO7S/c1-5-6-7-8-9-10-11-12-13-14-15-17-22(25)23(2)18-20-24(3,4)19-16-21-29(26,27)28;1-4-5-6-7-8-9-10-16-27-19(22)12-13-20(23)28-17-15-21(2,3)14-11-18-29(24,25)26/h5-21H2,1-4H3;12-13H,4-11,14-18H2,1-3H3/b;13-12-. The highest BCUT2D eigenvalue weighted by Crippen LogP contribution is 2.13. The number of rotatable bonds is 36. The van der Waals surface area contributed by atoms with Crippen LogP contribution in [-0.2, 0) is 44.1 Å². The number of carbonyl (C=O) groups excluding carboxylic acids is 3. The maximum atomic E-state index is 12.3. The lowest BCUT2D eigenvalue weighted by molar-refractivity contribution is -0.890. The smallest absolute Gasteiger partial charge is 0.331 e. The van der Waals surface area contributed by atoms with Crippen molar-refractivity contribution in [3.8, 4) is 0 Å². The fourth-order valence-electron chi connectivity index (χ4n) is 6.10. The zero-order valence-corrected chi connectivity index (χ0v) is 39.1. The number of esters is 2. The van der Waals surface area contributed by atoms with Crippen LogP contribution in [0.2, 0.25) is 0 Å². The Morgan fingerprint density at radius 3 is 1.29 bits per heavy atom. The topological polar surface area (TPSA) is 187 Å². The SMILES string of the molecule is CCCCCCCCCCCCCC(=O)N(C)CC[N+](C)(C)CCCS(=O)(=O)[O-].CCCCCCCCCOC(=O)/C=C\C(=O)OCC[N+](C)(C)CCCS(=O)(=O)[O-]. The fourth-order valence-corrected chi connectivity index (χ4v) is 7.06. The van der Waals surface area contributed by atoms with E-state index in [1.807, 2.05) is 35.2 Å². The fraction of sp³-hybridized carbons (Fsp3) is 0.881. The number of carbonyl (C=O) groups is 3. The van der Waals surface area contributed by atoms with Gasteiger partial charge in [-0.05, 0) is 12.8 Å². The van der Waals surface area contributed by atoms with Gasteiger partial charge < -0.3 is 32.4 Å². The van der Waals surface area contributed by atoms with Gasteiger partial charge >= 0.3 is 11.9 Å². The van der Waals surface area contributed by atoms with E-state index in [4.69, 9.17) is 9.47 Å². The Labute approximate surface area is 354 Å². The summed E-state index contributed by atoms with van der Waals surface area (Å²) in [7, 11) is 1.18. The lowest BCUT2D eigenvalue weighted by Crippen LogP contribution is -2.46. The van der Waals surface area contributed by atoms with E-state index in [-0.39, 0.29) is 24.7 Å². The van der Waals surface area contributed by atoms with E-state index in [0.717, 1.165) is 50.8 Å². The molecule has 0 aliphatic heterocycles. The summed E-state index contributed by atoms with van der Waals surface area (Å²) in [6, 6.07) is 0. The minimum Gasteiger partial charge on any atom is -0.748 e. The van der Waals surface area contributed by atoms with E-state index in [1.165, 1.54) is 83.5 Å². The number of amides is 1. The molecule has 0 unspecified atom stereocenters. The maximum Gasteiger partial charge on any atom is 0.331 e. The van der Waals surface area contributed by atoms with Crippen LogP contribution in [-0.4, -0.2) is 150 Å². The van der Waals surface area contributed by atoms with Crippen LogP contribution >= 0.6 is 0 Å². The predicted molar refractivity (Wildman–Crippen MR) is 230 cm³/mol. The summed E-state index contributed by atoms with van der Waals surface area (Å²) in [6.07, 6.45) is 25.3. The Morgan fingerprint density at radius 1 is 0.517 bits per heavy atom. The third kappa shape index (κ3) is 43.5. The Morgan fingerprint density at radius 2 is 0.879 bits per heavy atom. The van der Waals surface area contributed by atoms with Crippen molar-refractivity contribution in [3.63, 3.8) is 0 Å². The van der Waals surface area contributed by atoms with E-state index in [0.29, 0.717) is 54.6 Å². The molecule has 0 spiro atoms. The van der Waals surface area contributed by atoms with Crippen LogP contribution in [0.25, 0.3) is 0 Å². The summed E-state index contributed by atoms with van der Waals surface area (Å²) in [5.74, 6) is -1.74. The second-order valence-corrected chi connectivity index (χ2v) is 19.9. The van der Waals surface area contributed by atoms with E-state index in [2.05, 4.69) is 13.8 Å². The van der Waals surface area contributed by atoms with Crippen molar-refractivity contribution < 1.29 is 58.8 Å². The maximum absolute atomic E-state index is 12.3. The predicted octanol–water partition coefficient (Wildman–Crippen LogP) is 6.55. The number of nitrogens with zero attached hydrogens (tertiary/aromatic N) is 3. The third-order valence-electron chi connectivity index (χ3n) is 10.1. The Balaban J connectivity index is 0. The number of hydrogen-bond acceptors (Lipinski definition) is 11. The van der Waals surface area contributed by atoms with Crippen LogP contribution in [0.4, 0.5) is 0 Å². The number of quaternary nitrogens is 2. The van der Waals surface area contributed by atoms with Crippen LogP contribution in [0.1, 0.15) is 149 Å². The molecule has 14 nitrogen and oxygen atoms in total. The molecule has 0 aliphatic carbocycles. The molecule has 0 bridgehead atoms. The van der Waals surface area contributed by atoms with Gasteiger partial charge in [-0.1, -0.05) is 117 Å². The molecule has 0 rings (SSSR count). The highest BCUT2D eigenvalue weighted by atomic mass is 32.2. The molecule has 0 aromatic heterocycles. The van der Waals surface area contributed by atoms with Gasteiger partial charge in [-0.15, -0.1) is 0 Å². The number of hydrogen-bond donors (Lipinski definition) is 0. The van der Waals surface area contributed by atoms with Gasteiger partial charge in [-0.2, -0.15) is 0 Å². The van der Waals surface area contributed by atoms with Gasteiger partial charge in [-0.3, -0.25) is 4.79 Å². The van der Waals surface area contributed by atoms with Gasteiger partial charge in [0.05, 0.1) is 81.2 Å². The summed E-state index contributed by atoms with van der Waals surface area (Å²) in [4.78, 5) is 37.2. The zero-order chi connectivity index (χ0) is 44.4. The van der Waals surface area contributed by atoms with Crippen molar-refractivity contribution in [3.05, 3.63) is 12.2 Å². The van der Waals surface area contributed by atoms with Crippen molar-refractivity contribution in [1.29, 1.82) is 0 Å². The molecule has 0 N–H and O–H groups in total. The molecule has 0 fully saturated rings. The van der Waals surface area contributed by atoms with E-state index >= 15 is 0 Å². The first-order valence-corrected chi connectivity index (χ1v) is 25.0.